The van der Waals surface area contributed by atoms with Crippen molar-refractivity contribution in [3.05, 3.63) is 89.0 Å². The summed E-state index contributed by atoms with van der Waals surface area (Å²) < 4.78 is 10.5. The van der Waals surface area contributed by atoms with Crippen molar-refractivity contribution in [2.45, 2.75) is 12.8 Å². The molecule has 3 aromatic carbocycles. The number of ether oxygens (including phenoxy) is 2. The zero-order chi connectivity index (χ0) is 24.8. The zero-order valence-corrected chi connectivity index (χ0v) is 19.2. The van der Waals surface area contributed by atoms with Gasteiger partial charge in [-0.25, -0.2) is 9.59 Å². The molecule has 1 aliphatic carbocycles. The molecule has 35 heavy (non-hydrogen) atoms. The van der Waals surface area contributed by atoms with Gasteiger partial charge in [0.1, 0.15) is 13.2 Å². The number of fused-ring (bicyclic) bond motifs is 3. The maximum Gasteiger partial charge on any atom is 0.411 e. The van der Waals surface area contributed by atoms with E-state index in [9.17, 15) is 14.4 Å². The maximum atomic E-state index is 12.6. The Hall–Kier alpha value is -4.17. The fraction of sp³-hybridized carbons (Fsp3) is 0.222. The monoisotopic (exact) mass is 474 g/mol. The maximum absolute atomic E-state index is 12.6. The van der Waals surface area contributed by atoms with E-state index < -0.39 is 18.7 Å². The van der Waals surface area contributed by atoms with E-state index in [1.54, 1.807) is 25.1 Å². The van der Waals surface area contributed by atoms with Crippen LogP contribution in [0.1, 0.15) is 33.0 Å². The largest absolute Gasteiger partial charge is 0.480 e. The van der Waals surface area contributed by atoms with Gasteiger partial charge < -0.3 is 19.9 Å². The second kappa shape index (κ2) is 10.8. The van der Waals surface area contributed by atoms with Gasteiger partial charge in [-0.3, -0.25) is 10.1 Å². The fourth-order valence-electron chi connectivity index (χ4n) is 4.25. The number of aliphatic carboxylic acids is 1. The van der Waals surface area contributed by atoms with Gasteiger partial charge in [-0.05, 0) is 46.9 Å². The van der Waals surface area contributed by atoms with Crippen LogP contribution in [0.5, 0.6) is 0 Å². The molecule has 8 heteroatoms. The molecule has 0 spiro atoms. The number of hydrogen-bond acceptors (Lipinski definition) is 5. The molecule has 3 aromatic rings. The lowest BCUT2D eigenvalue weighted by atomic mass is 9.98. The average molecular weight is 475 g/mol. The van der Waals surface area contributed by atoms with E-state index in [1.165, 1.54) is 0 Å². The third-order valence-corrected chi connectivity index (χ3v) is 5.92. The van der Waals surface area contributed by atoms with Gasteiger partial charge in [0.25, 0.3) is 5.91 Å². The van der Waals surface area contributed by atoms with E-state index in [-0.39, 0.29) is 31.6 Å². The molecule has 0 unspecified atom stereocenters. The summed E-state index contributed by atoms with van der Waals surface area (Å²) in [7, 11) is 0. The standard InChI is InChI=1S/C27H26N2O6/c1-17-18(26(32)28-13-14-34-16-25(30)31)11-6-12-24(17)29-27(33)35-15-23-21-9-4-2-7-19(21)20-8-3-5-10-22(20)23/h2-12,23H,13-16H2,1H3,(H,28,32)(H,29,33)(H,30,31). The SMILES string of the molecule is Cc1c(NC(=O)OCC2c3ccccc3-c3ccccc32)cccc1C(=O)NCCOCC(=O)O. The van der Waals surface area contributed by atoms with Gasteiger partial charge >= 0.3 is 12.1 Å². The first kappa shape index (κ1) is 24.0. The number of benzene rings is 3. The average Bonchev–Trinajstić information content (AvgIpc) is 3.17. The number of carboxylic acid groups (broad SMARTS) is 1. The minimum atomic E-state index is -1.07. The molecule has 0 saturated carbocycles. The van der Waals surface area contributed by atoms with Gasteiger partial charge in [-0.15, -0.1) is 0 Å². The third-order valence-electron chi connectivity index (χ3n) is 5.92. The molecule has 2 amide bonds. The Morgan fingerprint density at radius 3 is 2.23 bits per heavy atom. The van der Waals surface area contributed by atoms with Crippen molar-refractivity contribution in [1.82, 2.24) is 5.32 Å². The Kier molecular flexibility index (Phi) is 7.42. The van der Waals surface area contributed by atoms with Crippen LogP contribution in [-0.4, -0.2) is 49.4 Å². The lowest BCUT2D eigenvalue weighted by Gasteiger charge is -2.16. The molecule has 0 radical (unpaired) electrons. The van der Waals surface area contributed by atoms with Crippen LogP contribution in [0.3, 0.4) is 0 Å². The number of hydrogen-bond donors (Lipinski definition) is 3. The van der Waals surface area contributed by atoms with Crippen molar-refractivity contribution in [1.29, 1.82) is 0 Å². The van der Waals surface area contributed by atoms with Gasteiger partial charge in [0.2, 0.25) is 0 Å². The number of rotatable bonds is 9. The Morgan fingerprint density at radius 2 is 1.57 bits per heavy atom. The predicted octanol–water partition coefficient (Wildman–Crippen LogP) is 4.19. The van der Waals surface area contributed by atoms with Gasteiger partial charge in [0.15, 0.2) is 0 Å². The number of amides is 2. The fourth-order valence-corrected chi connectivity index (χ4v) is 4.25. The molecule has 1 aliphatic rings. The molecule has 8 nitrogen and oxygen atoms in total. The molecule has 0 aromatic heterocycles. The van der Waals surface area contributed by atoms with E-state index >= 15 is 0 Å². The minimum absolute atomic E-state index is 0.0466. The zero-order valence-electron chi connectivity index (χ0n) is 19.2. The molecule has 0 bridgehead atoms. The first-order chi connectivity index (χ1) is 17.0. The van der Waals surface area contributed by atoms with Crippen molar-refractivity contribution < 1.29 is 29.0 Å². The molecule has 0 aliphatic heterocycles. The molecule has 4 rings (SSSR count). The van der Waals surface area contributed by atoms with Gasteiger partial charge in [-0.2, -0.15) is 0 Å². The second-order valence-electron chi connectivity index (χ2n) is 8.13. The summed E-state index contributed by atoms with van der Waals surface area (Å²) in [6.45, 7) is 1.74. The van der Waals surface area contributed by atoms with Crippen LogP contribution in [0.25, 0.3) is 11.1 Å². The van der Waals surface area contributed by atoms with Crippen molar-refractivity contribution in [3.63, 3.8) is 0 Å². The highest BCUT2D eigenvalue weighted by molar-refractivity contribution is 5.98. The number of carboxylic acids is 1. The highest BCUT2D eigenvalue weighted by Gasteiger charge is 2.29. The Bertz CT molecular complexity index is 1210. The Morgan fingerprint density at radius 1 is 0.914 bits per heavy atom. The lowest BCUT2D eigenvalue weighted by Crippen LogP contribution is -2.28. The first-order valence-electron chi connectivity index (χ1n) is 11.2. The van der Waals surface area contributed by atoms with E-state index in [1.807, 2.05) is 24.3 Å². The summed E-state index contributed by atoms with van der Waals surface area (Å²) >= 11 is 0. The first-order valence-corrected chi connectivity index (χ1v) is 11.2. The highest BCUT2D eigenvalue weighted by Crippen LogP contribution is 2.44. The van der Waals surface area contributed by atoms with Crippen LogP contribution >= 0.6 is 0 Å². The van der Waals surface area contributed by atoms with Crippen LogP contribution in [0.15, 0.2) is 66.7 Å². The van der Waals surface area contributed by atoms with Gasteiger partial charge in [-0.1, -0.05) is 54.6 Å². The van der Waals surface area contributed by atoms with Gasteiger partial charge in [0, 0.05) is 23.7 Å². The van der Waals surface area contributed by atoms with Crippen LogP contribution in [0, 0.1) is 6.92 Å². The predicted molar refractivity (Wildman–Crippen MR) is 131 cm³/mol. The minimum Gasteiger partial charge on any atom is -0.480 e. The van der Waals surface area contributed by atoms with E-state index in [0.29, 0.717) is 16.8 Å². The molecule has 0 saturated heterocycles. The number of carbonyl (C=O) groups is 3. The summed E-state index contributed by atoms with van der Waals surface area (Å²) in [4.78, 5) is 35.6. The molecular formula is C27H26N2O6. The van der Waals surface area contributed by atoms with Crippen molar-refractivity contribution in [3.8, 4) is 11.1 Å². The Labute approximate surface area is 202 Å². The number of carbonyl (C=O) groups excluding carboxylic acids is 2. The third kappa shape index (κ3) is 5.50. The molecule has 180 valence electrons. The summed E-state index contributed by atoms with van der Waals surface area (Å²) in [5.41, 5.74) is 6.01. The number of anilines is 1. The molecule has 0 atom stereocenters. The van der Waals surface area contributed by atoms with Crippen molar-refractivity contribution in [2.24, 2.45) is 0 Å². The van der Waals surface area contributed by atoms with Crippen molar-refractivity contribution in [2.75, 3.05) is 31.7 Å². The normalized spacial score (nSPS) is 11.9. The summed E-state index contributed by atoms with van der Waals surface area (Å²) in [5, 5.41) is 14.0. The van der Waals surface area contributed by atoms with Crippen LogP contribution in [0.4, 0.5) is 10.5 Å². The molecule has 3 N–H and O–H groups in total. The van der Waals surface area contributed by atoms with E-state index in [4.69, 9.17) is 14.6 Å². The highest BCUT2D eigenvalue weighted by atomic mass is 16.5. The quantitative estimate of drug-likeness (QED) is 0.401. The van der Waals surface area contributed by atoms with Crippen LogP contribution < -0.4 is 10.6 Å². The molecule has 0 fully saturated rings. The van der Waals surface area contributed by atoms with E-state index in [0.717, 1.165) is 22.3 Å². The smallest absolute Gasteiger partial charge is 0.411 e. The summed E-state index contributed by atoms with van der Waals surface area (Å²) in [5.74, 6) is -1.47. The van der Waals surface area contributed by atoms with Gasteiger partial charge in [0.05, 0.1) is 6.61 Å². The van der Waals surface area contributed by atoms with Crippen LogP contribution in [-0.2, 0) is 14.3 Å². The molecule has 0 heterocycles. The van der Waals surface area contributed by atoms with Crippen LogP contribution in [0.2, 0.25) is 0 Å². The number of nitrogens with one attached hydrogen (secondary N) is 2. The van der Waals surface area contributed by atoms with Crippen molar-refractivity contribution >= 4 is 23.7 Å². The van der Waals surface area contributed by atoms with E-state index in [2.05, 4.69) is 34.9 Å². The summed E-state index contributed by atoms with van der Waals surface area (Å²) in [6, 6.07) is 21.2. The molecular weight excluding hydrogens is 448 g/mol. The second-order valence-corrected chi connectivity index (χ2v) is 8.13. The Balaban J connectivity index is 1.36. The summed E-state index contributed by atoms with van der Waals surface area (Å²) in [6.07, 6.45) is -0.602. The topological polar surface area (TPSA) is 114 Å². The lowest BCUT2D eigenvalue weighted by molar-refractivity contribution is -0.142.